The first-order valence-corrected chi connectivity index (χ1v) is 7.70. The molecule has 3 rings (SSSR count). The summed E-state index contributed by atoms with van der Waals surface area (Å²) >= 11 is 18.8. The summed E-state index contributed by atoms with van der Waals surface area (Å²) in [5, 5.41) is 0.923. The third kappa shape index (κ3) is 2.65. The van der Waals surface area contributed by atoms with Crippen LogP contribution in [-0.2, 0) is 0 Å². The predicted octanol–water partition coefficient (Wildman–Crippen LogP) is 5.35. The summed E-state index contributed by atoms with van der Waals surface area (Å²) < 4.78 is 8.85. The molecule has 8 heteroatoms. The zero-order valence-corrected chi connectivity index (χ0v) is 14.3. The molecule has 0 spiro atoms. The lowest BCUT2D eigenvalue weighted by Gasteiger charge is -2.09. The van der Waals surface area contributed by atoms with Gasteiger partial charge < -0.3 is 4.74 Å². The van der Waals surface area contributed by atoms with Crippen LogP contribution in [0.15, 0.2) is 39.8 Å². The highest BCUT2D eigenvalue weighted by molar-refractivity contribution is 9.10. The van der Waals surface area contributed by atoms with Crippen molar-refractivity contribution < 1.29 is 4.74 Å². The average Bonchev–Trinajstić information content (AvgIpc) is 2.84. The molecule has 0 N–H and O–H groups in total. The monoisotopic (exact) mass is 435 g/mol. The molecule has 4 nitrogen and oxygen atoms in total. The molecule has 0 radical (unpaired) electrons. The van der Waals surface area contributed by atoms with E-state index in [9.17, 15) is 0 Å². The average molecular weight is 438 g/mol. The first kappa shape index (κ1) is 14.1. The van der Waals surface area contributed by atoms with Crippen LogP contribution in [-0.4, -0.2) is 14.4 Å². The summed E-state index contributed by atoms with van der Waals surface area (Å²) in [6.07, 6.45) is 5.24. The van der Waals surface area contributed by atoms with Gasteiger partial charge in [0.15, 0.2) is 0 Å². The van der Waals surface area contributed by atoms with Crippen LogP contribution >= 0.6 is 55.1 Å². The van der Waals surface area contributed by atoms with Crippen LogP contribution in [0.4, 0.5) is 0 Å². The summed E-state index contributed by atoms with van der Waals surface area (Å²) in [6, 6.07) is 3.29. The quantitative estimate of drug-likeness (QED) is 0.507. The largest absolute Gasteiger partial charge is 0.434 e. The maximum absolute atomic E-state index is 6.14. The van der Waals surface area contributed by atoms with Gasteiger partial charge in [0.1, 0.15) is 10.4 Å². The molecule has 2 heterocycles. The van der Waals surface area contributed by atoms with Crippen LogP contribution < -0.4 is 4.74 Å². The Balaban J connectivity index is 2.09. The molecule has 0 saturated heterocycles. The second kappa shape index (κ2) is 5.52. The minimum Gasteiger partial charge on any atom is -0.434 e. The Kier molecular flexibility index (Phi) is 3.90. The summed E-state index contributed by atoms with van der Waals surface area (Å²) in [4.78, 5) is 8.45. The summed E-state index contributed by atoms with van der Waals surface area (Å²) in [7, 11) is 0. The molecule has 0 bridgehead atoms. The number of rotatable bonds is 2. The number of ether oxygens (including phenoxy) is 1. The highest BCUT2D eigenvalue weighted by Gasteiger charge is 2.13. The number of benzene rings is 1. The van der Waals surface area contributed by atoms with Crippen LogP contribution in [0.3, 0.4) is 0 Å². The zero-order valence-electron chi connectivity index (χ0n) is 9.65. The minimum absolute atomic E-state index is 0.338. The normalized spacial score (nSPS) is 11.0. The van der Waals surface area contributed by atoms with E-state index in [0.717, 1.165) is 0 Å². The standard InChI is InChI=1S/C12H5Br2Cl2N3O/c13-6-3-8(16)9(4-7(6)15)20-12-11-17-1-2-19(11)5-10(14)18-12/h1-5H. The zero-order chi connectivity index (χ0) is 14.3. The molecule has 0 unspecified atom stereocenters. The van der Waals surface area contributed by atoms with E-state index >= 15 is 0 Å². The van der Waals surface area contributed by atoms with Gasteiger partial charge in [0, 0.05) is 29.1 Å². The topological polar surface area (TPSA) is 39.4 Å². The highest BCUT2D eigenvalue weighted by atomic mass is 79.9. The molecule has 20 heavy (non-hydrogen) atoms. The highest BCUT2D eigenvalue weighted by Crippen LogP contribution is 2.37. The molecule has 0 amide bonds. The number of hydrogen-bond donors (Lipinski definition) is 0. The second-order valence-electron chi connectivity index (χ2n) is 3.83. The van der Waals surface area contributed by atoms with Crippen molar-refractivity contribution in [3.8, 4) is 11.6 Å². The van der Waals surface area contributed by atoms with E-state index in [1.807, 2.05) is 0 Å². The molecule has 0 atom stereocenters. The Morgan fingerprint density at radius 3 is 2.75 bits per heavy atom. The number of fused-ring (bicyclic) bond motifs is 1. The lowest BCUT2D eigenvalue weighted by atomic mass is 10.3. The SMILES string of the molecule is Clc1cc(Oc2nc(Br)cn3ccnc23)c(Cl)cc1Br. The first-order valence-electron chi connectivity index (χ1n) is 5.36. The Morgan fingerprint density at radius 2 is 1.95 bits per heavy atom. The molecule has 0 fully saturated rings. The fraction of sp³-hybridized carbons (Fsp3) is 0. The summed E-state index contributed by atoms with van der Waals surface area (Å²) in [5.41, 5.74) is 0.586. The molecule has 0 aliphatic heterocycles. The van der Waals surface area contributed by atoms with Crippen molar-refractivity contribution in [1.82, 2.24) is 14.4 Å². The first-order chi connectivity index (χ1) is 9.54. The fourth-order valence-electron chi connectivity index (χ4n) is 1.63. The van der Waals surface area contributed by atoms with Gasteiger partial charge in [0.25, 0.3) is 5.88 Å². The van der Waals surface area contributed by atoms with Crippen LogP contribution in [0.25, 0.3) is 5.65 Å². The molecule has 1 aromatic carbocycles. The molecule has 102 valence electrons. The van der Waals surface area contributed by atoms with Crippen LogP contribution in [0, 0.1) is 0 Å². The van der Waals surface area contributed by atoms with Gasteiger partial charge >= 0.3 is 0 Å². The Bertz CT molecular complexity index is 807. The summed E-state index contributed by atoms with van der Waals surface area (Å²) in [6.45, 7) is 0. The van der Waals surface area contributed by atoms with Crippen molar-refractivity contribution in [2.45, 2.75) is 0 Å². The molecule has 0 aliphatic rings. The van der Waals surface area contributed by atoms with Gasteiger partial charge in [-0.2, -0.15) is 0 Å². The molecule has 0 aliphatic carbocycles. The van der Waals surface area contributed by atoms with Gasteiger partial charge in [-0.1, -0.05) is 23.2 Å². The van der Waals surface area contributed by atoms with E-state index < -0.39 is 0 Å². The number of aromatic nitrogens is 3. The van der Waals surface area contributed by atoms with Crippen molar-refractivity contribution in [2.24, 2.45) is 0 Å². The number of halogens is 4. The summed E-state index contributed by atoms with van der Waals surface area (Å²) in [5.74, 6) is 0.750. The Labute approximate surface area is 141 Å². The van der Waals surface area contributed by atoms with Crippen LogP contribution in [0.5, 0.6) is 11.6 Å². The molecule has 2 aromatic heterocycles. The fourth-order valence-corrected chi connectivity index (χ4v) is 2.84. The van der Waals surface area contributed by atoms with E-state index in [4.69, 9.17) is 27.9 Å². The van der Waals surface area contributed by atoms with E-state index in [0.29, 0.717) is 36.4 Å². The van der Waals surface area contributed by atoms with Gasteiger partial charge in [-0.25, -0.2) is 9.97 Å². The number of imidazole rings is 1. The van der Waals surface area contributed by atoms with E-state index in [1.54, 1.807) is 35.1 Å². The Morgan fingerprint density at radius 1 is 1.15 bits per heavy atom. The molecular weight excluding hydrogens is 433 g/mol. The third-order valence-corrected chi connectivity index (χ3v) is 4.37. The van der Waals surface area contributed by atoms with Crippen LogP contribution in [0.2, 0.25) is 10.0 Å². The smallest absolute Gasteiger partial charge is 0.265 e. The number of nitrogens with zero attached hydrogens (tertiary/aromatic N) is 3. The van der Waals surface area contributed by atoms with E-state index in [2.05, 4.69) is 41.8 Å². The van der Waals surface area contributed by atoms with Crippen molar-refractivity contribution >= 4 is 60.7 Å². The minimum atomic E-state index is 0.338. The molecule has 3 aromatic rings. The van der Waals surface area contributed by atoms with Crippen molar-refractivity contribution in [3.63, 3.8) is 0 Å². The molecular formula is C12H5Br2Cl2N3O. The van der Waals surface area contributed by atoms with E-state index in [-0.39, 0.29) is 0 Å². The van der Waals surface area contributed by atoms with Gasteiger partial charge in [0.2, 0.25) is 5.65 Å². The lowest BCUT2D eigenvalue weighted by Crippen LogP contribution is -1.95. The maximum atomic E-state index is 6.14. The second-order valence-corrected chi connectivity index (χ2v) is 6.31. The molecule has 0 saturated carbocycles. The van der Waals surface area contributed by atoms with Crippen LogP contribution in [0.1, 0.15) is 0 Å². The van der Waals surface area contributed by atoms with Gasteiger partial charge in [-0.15, -0.1) is 0 Å². The predicted molar refractivity (Wildman–Crippen MR) is 84.9 cm³/mol. The number of hydrogen-bond acceptors (Lipinski definition) is 3. The van der Waals surface area contributed by atoms with Gasteiger partial charge in [0.05, 0.1) is 10.0 Å². The Hall–Kier alpha value is -0.820. The van der Waals surface area contributed by atoms with Crippen molar-refractivity contribution in [1.29, 1.82) is 0 Å². The third-order valence-electron chi connectivity index (χ3n) is 2.50. The van der Waals surface area contributed by atoms with Gasteiger partial charge in [-0.3, -0.25) is 4.40 Å². The van der Waals surface area contributed by atoms with Crippen molar-refractivity contribution in [2.75, 3.05) is 0 Å². The van der Waals surface area contributed by atoms with E-state index in [1.165, 1.54) is 0 Å². The lowest BCUT2D eigenvalue weighted by molar-refractivity contribution is 0.464. The van der Waals surface area contributed by atoms with Gasteiger partial charge in [-0.05, 0) is 37.9 Å². The maximum Gasteiger partial charge on any atom is 0.265 e. The van der Waals surface area contributed by atoms with Crippen molar-refractivity contribution in [3.05, 3.63) is 49.8 Å².